The minimum absolute atomic E-state index is 0.779. The molecular weight excluding hydrogens is 298 g/mol. The van der Waals surface area contributed by atoms with Gasteiger partial charge in [0.15, 0.2) is 0 Å². The Balaban J connectivity index is 2.18. The van der Waals surface area contributed by atoms with Crippen LogP contribution in [-0.4, -0.2) is 36.1 Å². The van der Waals surface area contributed by atoms with Crippen LogP contribution in [0.25, 0.3) is 0 Å². The van der Waals surface area contributed by atoms with E-state index in [-0.39, 0.29) is 0 Å². The Kier molecular flexibility index (Phi) is 6.41. The zero-order valence-corrected chi connectivity index (χ0v) is 15.5. The Labute approximate surface area is 145 Å². The minimum Gasteiger partial charge on any atom is -0.372 e. The number of nitrogens with one attached hydrogen (secondary N) is 1. The maximum absolute atomic E-state index is 4.55. The first-order valence-electron chi connectivity index (χ1n) is 8.83. The Hall–Kier alpha value is -2.30. The molecule has 0 aliphatic heterocycles. The molecule has 0 saturated heterocycles. The number of nitrogens with zero attached hydrogens (tertiary/aromatic N) is 4. The number of aryl methyl sites for hydroxylation is 1. The third-order valence-corrected chi connectivity index (χ3v) is 4.18. The smallest absolute Gasteiger partial charge is 0.136 e. The van der Waals surface area contributed by atoms with Gasteiger partial charge in [0.25, 0.3) is 0 Å². The molecule has 0 saturated carbocycles. The zero-order chi connectivity index (χ0) is 17.5. The SMILES string of the molecule is CCN(CC)c1ccc(Nc2cc(N(CC)CC)nc(C)n2)cc1. The van der Waals surface area contributed by atoms with Gasteiger partial charge in [0.2, 0.25) is 0 Å². The van der Waals surface area contributed by atoms with Crippen molar-refractivity contribution in [1.82, 2.24) is 9.97 Å². The van der Waals surface area contributed by atoms with Gasteiger partial charge in [0, 0.05) is 43.6 Å². The molecule has 0 fully saturated rings. The maximum Gasteiger partial charge on any atom is 0.136 e. The molecule has 0 bridgehead atoms. The van der Waals surface area contributed by atoms with E-state index in [9.17, 15) is 0 Å². The van der Waals surface area contributed by atoms with E-state index in [0.29, 0.717) is 0 Å². The molecule has 1 heterocycles. The Morgan fingerprint density at radius 2 is 1.42 bits per heavy atom. The van der Waals surface area contributed by atoms with Crippen LogP contribution < -0.4 is 15.1 Å². The van der Waals surface area contributed by atoms with Gasteiger partial charge in [-0.05, 0) is 58.9 Å². The Morgan fingerprint density at radius 3 is 1.96 bits per heavy atom. The molecule has 0 atom stereocenters. The molecule has 1 N–H and O–H groups in total. The molecule has 5 nitrogen and oxygen atoms in total. The molecule has 2 rings (SSSR count). The fourth-order valence-electron chi connectivity index (χ4n) is 2.82. The number of anilines is 4. The quantitative estimate of drug-likeness (QED) is 0.786. The molecule has 1 aromatic carbocycles. The molecule has 0 radical (unpaired) electrons. The van der Waals surface area contributed by atoms with Crippen LogP contribution in [0.4, 0.5) is 23.0 Å². The van der Waals surface area contributed by atoms with Crippen molar-refractivity contribution in [2.75, 3.05) is 41.3 Å². The van der Waals surface area contributed by atoms with E-state index >= 15 is 0 Å². The van der Waals surface area contributed by atoms with E-state index < -0.39 is 0 Å². The highest BCUT2D eigenvalue weighted by molar-refractivity contribution is 5.62. The van der Waals surface area contributed by atoms with E-state index in [0.717, 1.165) is 49.3 Å². The lowest BCUT2D eigenvalue weighted by atomic mass is 10.2. The topological polar surface area (TPSA) is 44.3 Å². The van der Waals surface area contributed by atoms with E-state index in [4.69, 9.17) is 0 Å². The third kappa shape index (κ3) is 4.37. The lowest BCUT2D eigenvalue weighted by Gasteiger charge is -2.22. The highest BCUT2D eigenvalue weighted by atomic mass is 15.2. The number of hydrogen-bond donors (Lipinski definition) is 1. The molecule has 0 aliphatic rings. The summed E-state index contributed by atoms with van der Waals surface area (Å²) in [5.41, 5.74) is 2.28. The largest absolute Gasteiger partial charge is 0.372 e. The maximum atomic E-state index is 4.55. The van der Waals surface area contributed by atoms with Crippen LogP contribution >= 0.6 is 0 Å². The molecule has 0 unspecified atom stereocenters. The summed E-state index contributed by atoms with van der Waals surface area (Å²) in [6.45, 7) is 14.5. The van der Waals surface area contributed by atoms with Crippen molar-refractivity contribution in [3.63, 3.8) is 0 Å². The minimum atomic E-state index is 0.779. The van der Waals surface area contributed by atoms with Crippen LogP contribution in [0.1, 0.15) is 33.5 Å². The van der Waals surface area contributed by atoms with Gasteiger partial charge in [0.1, 0.15) is 17.5 Å². The highest BCUT2D eigenvalue weighted by Crippen LogP contribution is 2.22. The molecular formula is C19H29N5. The number of benzene rings is 1. The van der Waals surface area contributed by atoms with Crippen LogP contribution in [-0.2, 0) is 0 Å². The molecule has 2 aromatic rings. The van der Waals surface area contributed by atoms with E-state index in [1.807, 2.05) is 13.0 Å². The fraction of sp³-hybridized carbons (Fsp3) is 0.474. The summed E-state index contributed by atoms with van der Waals surface area (Å²) in [6.07, 6.45) is 0. The van der Waals surface area contributed by atoms with Crippen LogP contribution in [0, 0.1) is 6.92 Å². The molecule has 0 spiro atoms. The molecule has 0 amide bonds. The Bertz CT molecular complexity index is 631. The lowest BCUT2D eigenvalue weighted by molar-refractivity contribution is 0.835. The first-order chi connectivity index (χ1) is 11.6. The van der Waals surface area contributed by atoms with Gasteiger partial charge in [-0.15, -0.1) is 0 Å². The second-order valence-electron chi connectivity index (χ2n) is 5.68. The van der Waals surface area contributed by atoms with Crippen molar-refractivity contribution in [2.45, 2.75) is 34.6 Å². The summed E-state index contributed by atoms with van der Waals surface area (Å²) in [4.78, 5) is 13.6. The third-order valence-electron chi connectivity index (χ3n) is 4.18. The highest BCUT2D eigenvalue weighted by Gasteiger charge is 2.08. The van der Waals surface area contributed by atoms with Crippen molar-refractivity contribution in [2.24, 2.45) is 0 Å². The Morgan fingerprint density at radius 1 is 0.833 bits per heavy atom. The molecule has 24 heavy (non-hydrogen) atoms. The van der Waals surface area contributed by atoms with Gasteiger partial charge in [-0.3, -0.25) is 0 Å². The molecule has 0 aliphatic carbocycles. The van der Waals surface area contributed by atoms with E-state index in [1.54, 1.807) is 0 Å². The van der Waals surface area contributed by atoms with Gasteiger partial charge in [-0.2, -0.15) is 0 Å². The van der Waals surface area contributed by atoms with Crippen molar-refractivity contribution in [3.8, 4) is 0 Å². The number of rotatable bonds is 8. The monoisotopic (exact) mass is 327 g/mol. The van der Waals surface area contributed by atoms with Crippen molar-refractivity contribution in [1.29, 1.82) is 0 Å². The van der Waals surface area contributed by atoms with Crippen LogP contribution in [0.15, 0.2) is 30.3 Å². The first-order valence-corrected chi connectivity index (χ1v) is 8.83. The van der Waals surface area contributed by atoms with Gasteiger partial charge >= 0.3 is 0 Å². The normalized spacial score (nSPS) is 10.5. The average molecular weight is 327 g/mol. The van der Waals surface area contributed by atoms with Gasteiger partial charge in [0.05, 0.1) is 0 Å². The zero-order valence-electron chi connectivity index (χ0n) is 15.5. The lowest BCUT2D eigenvalue weighted by Crippen LogP contribution is -2.23. The van der Waals surface area contributed by atoms with Crippen LogP contribution in [0.3, 0.4) is 0 Å². The molecule has 1 aromatic heterocycles. The fourth-order valence-corrected chi connectivity index (χ4v) is 2.82. The number of hydrogen-bond acceptors (Lipinski definition) is 5. The van der Waals surface area contributed by atoms with Crippen molar-refractivity contribution < 1.29 is 0 Å². The van der Waals surface area contributed by atoms with Gasteiger partial charge < -0.3 is 15.1 Å². The summed E-state index contributed by atoms with van der Waals surface area (Å²) in [5.74, 6) is 2.58. The summed E-state index contributed by atoms with van der Waals surface area (Å²) in [7, 11) is 0. The summed E-state index contributed by atoms with van der Waals surface area (Å²) in [6, 6.07) is 10.5. The summed E-state index contributed by atoms with van der Waals surface area (Å²) < 4.78 is 0. The van der Waals surface area contributed by atoms with Crippen molar-refractivity contribution >= 4 is 23.0 Å². The van der Waals surface area contributed by atoms with Gasteiger partial charge in [-0.25, -0.2) is 9.97 Å². The van der Waals surface area contributed by atoms with Crippen molar-refractivity contribution in [3.05, 3.63) is 36.2 Å². The van der Waals surface area contributed by atoms with E-state index in [1.165, 1.54) is 5.69 Å². The first kappa shape index (κ1) is 18.0. The second kappa shape index (κ2) is 8.52. The molecule has 5 heteroatoms. The van der Waals surface area contributed by atoms with Crippen LogP contribution in [0.2, 0.25) is 0 Å². The summed E-state index contributed by atoms with van der Waals surface area (Å²) >= 11 is 0. The number of aromatic nitrogens is 2. The summed E-state index contributed by atoms with van der Waals surface area (Å²) in [5, 5.41) is 3.39. The predicted octanol–water partition coefficient (Wildman–Crippen LogP) is 4.22. The van der Waals surface area contributed by atoms with Crippen LogP contribution in [0.5, 0.6) is 0 Å². The second-order valence-corrected chi connectivity index (χ2v) is 5.68. The van der Waals surface area contributed by atoms with E-state index in [2.05, 4.69) is 77.0 Å². The predicted molar refractivity (Wildman–Crippen MR) is 104 cm³/mol. The molecule has 130 valence electrons. The standard InChI is InChI=1S/C19H29N5/c1-6-23(7-2)17-12-10-16(11-13-17)22-18-14-19(21-15(5)20-18)24(8-3)9-4/h10-14H,6-9H2,1-5H3,(H,20,21,22). The van der Waals surface area contributed by atoms with Gasteiger partial charge in [-0.1, -0.05) is 0 Å². The average Bonchev–Trinajstić information content (AvgIpc) is 2.58.